The second-order valence-electron chi connectivity index (χ2n) is 6.65. The summed E-state index contributed by atoms with van der Waals surface area (Å²) in [5, 5.41) is 3.74. The summed E-state index contributed by atoms with van der Waals surface area (Å²) < 4.78 is 0. The largest absolute Gasteiger partial charge is 0.313 e. The maximum Gasteiger partial charge on any atom is 0.0373 e. The molecule has 0 bridgehead atoms. The zero-order valence-corrected chi connectivity index (χ0v) is 13.8. The quantitative estimate of drug-likeness (QED) is 0.766. The predicted octanol–water partition coefficient (Wildman–Crippen LogP) is 2.43. The van der Waals surface area contributed by atoms with Gasteiger partial charge in [0.15, 0.2) is 0 Å². The Balaban J connectivity index is 2.55. The van der Waals surface area contributed by atoms with Gasteiger partial charge in [0.1, 0.15) is 0 Å². The van der Waals surface area contributed by atoms with Crippen LogP contribution in [0.15, 0.2) is 0 Å². The number of hydrogen-bond donors (Lipinski definition) is 1. The molecule has 1 rings (SSSR count). The van der Waals surface area contributed by atoms with Crippen molar-refractivity contribution >= 4 is 0 Å². The van der Waals surface area contributed by atoms with E-state index in [0.29, 0.717) is 12.1 Å². The Kier molecular flexibility index (Phi) is 7.96. The molecule has 114 valence electrons. The van der Waals surface area contributed by atoms with E-state index in [0.717, 1.165) is 12.5 Å². The summed E-state index contributed by atoms with van der Waals surface area (Å²) >= 11 is 0. The van der Waals surface area contributed by atoms with Crippen LogP contribution in [0.4, 0.5) is 0 Å². The summed E-state index contributed by atoms with van der Waals surface area (Å²) in [4.78, 5) is 5.08. The second-order valence-corrected chi connectivity index (χ2v) is 6.65. The molecular formula is C16H35N3. The molecule has 2 unspecified atom stereocenters. The van der Waals surface area contributed by atoms with Gasteiger partial charge in [-0.05, 0) is 52.5 Å². The fraction of sp³-hybridized carbons (Fsp3) is 1.00. The van der Waals surface area contributed by atoms with Crippen LogP contribution < -0.4 is 5.32 Å². The van der Waals surface area contributed by atoms with E-state index in [1.54, 1.807) is 0 Å². The fourth-order valence-electron chi connectivity index (χ4n) is 3.18. The summed E-state index contributed by atoms with van der Waals surface area (Å²) in [5.74, 6) is 0.830. The average Bonchev–Trinajstić information content (AvgIpc) is 2.50. The molecule has 0 saturated carbocycles. The molecule has 1 fully saturated rings. The molecule has 0 radical (unpaired) electrons. The molecule has 0 aromatic carbocycles. The van der Waals surface area contributed by atoms with Gasteiger partial charge >= 0.3 is 0 Å². The Morgan fingerprint density at radius 3 is 2.53 bits per heavy atom. The van der Waals surface area contributed by atoms with E-state index < -0.39 is 0 Å². The Labute approximate surface area is 120 Å². The Morgan fingerprint density at radius 1 is 1.16 bits per heavy atom. The molecule has 1 N–H and O–H groups in total. The van der Waals surface area contributed by atoms with Crippen LogP contribution >= 0.6 is 0 Å². The molecule has 0 aliphatic carbocycles. The first-order valence-corrected chi connectivity index (χ1v) is 8.16. The van der Waals surface area contributed by atoms with Gasteiger partial charge in [-0.2, -0.15) is 0 Å². The zero-order chi connectivity index (χ0) is 14.3. The molecule has 0 amide bonds. The van der Waals surface area contributed by atoms with Crippen molar-refractivity contribution in [2.45, 2.75) is 58.5 Å². The third kappa shape index (κ3) is 6.24. The van der Waals surface area contributed by atoms with Crippen molar-refractivity contribution in [1.82, 2.24) is 15.1 Å². The highest BCUT2D eigenvalue weighted by Crippen LogP contribution is 2.16. The van der Waals surface area contributed by atoms with Crippen LogP contribution in [0, 0.1) is 5.92 Å². The number of nitrogens with zero attached hydrogens (tertiary/aromatic N) is 2. The van der Waals surface area contributed by atoms with Gasteiger partial charge in [-0.25, -0.2) is 0 Å². The highest BCUT2D eigenvalue weighted by Gasteiger charge is 2.27. The fourth-order valence-corrected chi connectivity index (χ4v) is 3.18. The van der Waals surface area contributed by atoms with Gasteiger partial charge in [0.25, 0.3) is 0 Å². The smallest absolute Gasteiger partial charge is 0.0373 e. The van der Waals surface area contributed by atoms with Crippen LogP contribution in [-0.2, 0) is 0 Å². The van der Waals surface area contributed by atoms with Crippen LogP contribution in [0.25, 0.3) is 0 Å². The average molecular weight is 269 g/mol. The summed E-state index contributed by atoms with van der Waals surface area (Å²) in [5.41, 5.74) is 0. The van der Waals surface area contributed by atoms with Crippen molar-refractivity contribution in [2.75, 3.05) is 40.3 Å². The number of likely N-dealkylation sites (N-methyl/N-ethyl adjacent to an activating group) is 3. The van der Waals surface area contributed by atoms with E-state index in [4.69, 9.17) is 0 Å². The van der Waals surface area contributed by atoms with Gasteiger partial charge in [-0.3, -0.25) is 0 Å². The van der Waals surface area contributed by atoms with Gasteiger partial charge in [0, 0.05) is 18.6 Å². The molecule has 3 nitrogen and oxygen atoms in total. The van der Waals surface area contributed by atoms with Crippen molar-refractivity contribution in [1.29, 1.82) is 0 Å². The van der Waals surface area contributed by atoms with Crippen molar-refractivity contribution in [3.05, 3.63) is 0 Å². The van der Waals surface area contributed by atoms with E-state index in [2.05, 4.69) is 50.0 Å². The van der Waals surface area contributed by atoms with Crippen molar-refractivity contribution in [2.24, 2.45) is 5.92 Å². The summed E-state index contributed by atoms with van der Waals surface area (Å²) in [6.07, 6.45) is 5.32. The molecule has 1 aliphatic heterocycles. The van der Waals surface area contributed by atoms with Crippen molar-refractivity contribution < 1.29 is 0 Å². The molecule has 0 aromatic rings. The van der Waals surface area contributed by atoms with Crippen LogP contribution in [-0.4, -0.2) is 62.2 Å². The van der Waals surface area contributed by atoms with Gasteiger partial charge in [-0.15, -0.1) is 0 Å². The lowest BCUT2D eigenvalue weighted by molar-refractivity contribution is 0.171. The monoisotopic (exact) mass is 269 g/mol. The number of rotatable bonds is 7. The molecule has 2 atom stereocenters. The maximum absolute atomic E-state index is 3.74. The number of nitrogens with one attached hydrogen (secondary N) is 1. The van der Waals surface area contributed by atoms with Gasteiger partial charge < -0.3 is 15.1 Å². The van der Waals surface area contributed by atoms with Crippen LogP contribution in [0.2, 0.25) is 0 Å². The summed E-state index contributed by atoms with van der Waals surface area (Å²) in [6, 6.07) is 1.31. The van der Waals surface area contributed by atoms with E-state index in [9.17, 15) is 0 Å². The third-order valence-corrected chi connectivity index (χ3v) is 4.34. The van der Waals surface area contributed by atoms with Gasteiger partial charge in [0.2, 0.25) is 0 Å². The SMILES string of the molecule is CCNC(CCCC(C)C)C1CN(C)CCCN1C. The minimum atomic E-state index is 0.647. The van der Waals surface area contributed by atoms with Crippen LogP contribution in [0.5, 0.6) is 0 Å². The molecule has 3 heteroatoms. The lowest BCUT2D eigenvalue weighted by Crippen LogP contribution is -2.52. The maximum atomic E-state index is 3.74. The van der Waals surface area contributed by atoms with E-state index in [1.807, 2.05) is 0 Å². The minimum absolute atomic E-state index is 0.647. The Hall–Kier alpha value is -0.120. The predicted molar refractivity (Wildman–Crippen MR) is 84.7 cm³/mol. The van der Waals surface area contributed by atoms with E-state index in [-0.39, 0.29) is 0 Å². The topological polar surface area (TPSA) is 18.5 Å². The van der Waals surface area contributed by atoms with E-state index >= 15 is 0 Å². The minimum Gasteiger partial charge on any atom is -0.313 e. The molecule has 1 heterocycles. The highest BCUT2D eigenvalue weighted by atomic mass is 15.2. The Bertz CT molecular complexity index is 230. The lowest BCUT2D eigenvalue weighted by atomic mass is 9.97. The first-order chi connectivity index (χ1) is 9.04. The molecular weight excluding hydrogens is 234 g/mol. The van der Waals surface area contributed by atoms with Gasteiger partial charge in [0.05, 0.1) is 0 Å². The van der Waals surface area contributed by atoms with Crippen LogP contribution in [0.1, 0.15) is 46.5 Å². The highest BCUT2D eigenvalue weighted by molar-refractivity contribution is 4.87. The first kappa shape index (κ1) is 16.9. The number of hydrogen-bond acceptors (Lipinski definition) is 3. The van der Waals surface area contributed by atoms with Gasteiger partial charge in [-0.1, -0.05) is 33.6 Å². The standard InChI is InChI=1S/C16H35N3/c1-6-17-15(10-7-9-14(2)3)16-13-18(4)11-8-12-19(16)5/h14-17H,6-13H2,1-5H3. The zero-order valence-electron chi connectivity index (χ0n) is 13.8. The summed E-state index contributed by atoms with van der Waals surface area (Å²) in [6.45, 7) is 11.7. The van der Waals surface area contributed by atoms with Crippen LogP contribution in [0.3, 0.4) is 0 Å². The lowest BCUT2D eigenvalue weighted by Gasteiger charge is -2.35. The Morgan fingerprint density at radius 2 is 1.89 bits per heavy atom. The van der Waals surface area contributed by atoms with Crippen molar-refractivity contribution in [3.8, 4) is 0 Å². The summed E-state index contributed by atoms with van der Waals surface area (Å²) in [7, 11) is 4.57. The normalized spacial score (nSPS) is 24.6. The molecule has 0 spiro atoms. The molecule has 1 saturated heterocycles. The first-order valence-electron chi connectivity index (χ1n) is 8.16. The molecule has 19 heavy (non-hydrogen) atoms. The third-order valence-electron chi connectivity index (χ3n) is 4.34. The van der Waals surface area contributed by atoms with Crippen molar-refractivity contribution in [3.63, 3.8) is 0 Å². The molecule has 0 aromatic heterocycles. The van der Waals surface area contributed by atoms with E-state index in [1.165, 1.54) is 45.3 Å². The second kappa shape index (κ2) is 8.93. The molecule has 1 aliphatic rings.